The van der Waals surface area contributed by atoms with Crippen LogP contribution < -0.4 is 4.31 Å². The van der Waals surface area contributed by atoms with Gasteiger partial charge in [0.25, 0.3) is 11.3 Å². The van der Waals surface area contributed by atoms with Crippen LogP contribution in [0.25, 0.3) is 0 Å². The Balaban J connectivity index is 2.62. The van der Waals surface area contributed by atoms with E-state index in [1.54, 1.807) is 24.3 Å². The maximum absolute atomic E-state index is 13.6. The Morgan fingerprint density at radius 2 is 1.91 bits per heavy atom. The first-order valence-electron chi connectivity index (χ1n) is 5.98. The molecule has 116 valence electrons. The normalized spacial score (nSPS) is 11.8. The summed E-state index contributed by atoms with van der Waals surface area (Å²) in [7, 11) is 1.18. The van der Waals surface area contributed by atoms with Crippen LogP contribution in [0, 0.1) is 9.39 Å². The molecule has 0 saturated carbocycles. The molecule has 0 aliphatic carbocycles. The maximum atomic E-state index is 13.6. The predicted octanol–water partition coefficient (Wildman–Crippen LogP) is 3.49. The molecule has 2 rings (SSSR count). The van der Waals surface area contributed by atoms with Crippen molar-refractivity contribution in [3.63, 3.8) is 0 Å². The Morgan fingerprint density at radius 1 is 1.27 bits per heavy atom. The van der Waals surface area contributed by atoms with Gasteiger partial charge in [0.2, 0.25) is 0 Å². The summed E-state index contributed by atoms with van der Waals surface area (Å²) in [6.07, 6.45) is 0. The van der Waals surface area contributed by atoms with Gasteiger partial charge in [-0.05, 0) is 65.1 Å². The average molecular weight is 435 g/mol. The minimum absolute atomic E-state index is 0.00940. The van der Waals surface area contributed by atoms with E-state index in [-0.39, 0.29) is 11.3 Å². The molecule has 0 fully saturated rings. The molecule has 5 nitrogen and oxygen atoms in total. The second-order valence-corrected chi connectivity index (χ2v) is 6.23. The van der Waals surface area contributed by atoms with E-state index in [0.717, 1.165) is 20.0 Å². The second kappa shape index (κ2) is 7.16. The first kappa shape index (κ1) is 16.8. The summed E-state index contributed by atoms with van der Waals surface area (Å²) < 4.78 is 41.4. The van der Waals surface area contributed by atoms with Gasteiger partial charge in [-0.2, -0.15) is 0 Å². The van der Waals surface area contributed by atoms with Crippen LogP contribution in [0.2, 0.25) is 0 Å². The maximum Gasteiger partial charge on any atom is 0.340 e. The van der Waals surface area contributed by atoms with Gasteiger partial charge < -0.3 is 4.74 Å². The van der Waals surface area contributed by atoms with Gasteiger partial charge in [0.1, 0.15) is 5.82 Å². The Morgan fingerprint density at radius 3 is 2.45 bits per heavy atom. The lowest BCUT2D eigenvalue weighted by atomic mass is 10.1. The number of carbonyl (C=O) groups excluding carboxylic acids is 1. The van der Waals surface area contributed by atoms with Gasteiger partial charge in [-0.25, -0.2) is 17.7 Å². The van der Waals surface area contributed by atoms with Gasteiger partial charge in [0.05, 0.1) is 24.0 Å². The van der Waals surface area contributed by atoms with Gasteiger partial charge in [0.15, 0.2) is 0 Å². The Kier molecular flexibility index (Phi) is 5.48. The number of benzene rings is 2. The topological polar surface area (TPSA) is 66.8 Å². The third-order valence-electron chi connectivity index (χ3n) is 2.80. The summed E-state index contributed by atoms with van der Waals surface area (Å²) >= 11 is -0.403. The minimum atomic E-state index is -2.49. The highest BCUT2D eigenvalue weighted by atomic mass is 127. The lowest BCUT2D eigenvalue weighted by molar-refractivity contribution is 0.0601. The molecule has 0 amide bonds. The summed E-state index contributed by atoms with van der Waals surface area (Å²) in [5.41, 5.74) is 0.288. The molecule has 1 N–H and O–H groups in total. The number of esters is 1. The largest absolute Gasteiger partial charge is 0.465 e. The molecule has 8 heteroatoms. The van der Waals surface area contributed by atoms with Crippen molar-refractivity contribution in [3.05, 3.63) is 57.4 Å². The summed E-state index contributed by atoms with van der Waals surface area (Å²) in [6.45, 7) is 0. The van der Waals surface area contributed by atoms with Crippen molar-refractivity contribution in [2.75, 3.05) is 11.4 Å². The lowest BCUT2D eigenvalue weighted by Crippen LogP contribution is -2.22. The predicted molar refractivity (Wildman–Crippen MR) is 89.8 cm³/mol. The highest BCUT2D eigenvalue weighted by molar-refractivity contribution is 14.1. The van der Waals surface area contributed by atoms with Crippen LogP contribution in [0.15, 0.2) is 42.5 Å². The van der Waals surface area contributed by atoms with Crippen LogP contribution in [0.4, 0.5) is 15.8 Å². The monoisotopic (exact) mass is 435 g/mol. The molecule has 0 spiro atoms. The van der Waals surface area contributed by atoms with Crippen LogP contribution >= 0.6 is 22.6 Å². The molecule has 0 aromatic heterocycles. The third kappa shape index (κ3) is 3.62. The minimum Gasteiger partial charge on any atom is -0.465 e. The van der Waals surface area contributed by atoms with Crippen molar-refractivity contribution < 1.29 is 22.7 Å². The second-order valence-electron chi connectivity index (χ2n) is 4.15. The molecule has 0 bridgehead atoms. The van der Waals surface area contributed by atoms with Gasteiger partial charge >= 0.3 is 5.97 Å². The van der Waals surface area contributed by atoms with Crippen molar-refractivity contribution in [2.45, 2.75) is 0 Å². The molecular weight excluding hydrogens is 424 g/mol. The Labute approximate surface area is 142 Å². The number of hydrogen-bond donors (Lipinski definition) is 1. The van der Waals surface area contributed by atoms with E-state index in [2.05, 4.69) is 27.3 Å². The quantitative estimate of drug-likeness (QED) is 0.454. The SMILES string of the molecule is COC(=O)c1ccc(F)cc1N(c1ccc(I)cc1)S(=O)O. The van der Waals surface area contributed by atoms with Crippen LogP contribution in [-0.2, 0) is 16.0 Å². The van der Waals surface area contributed by atoms with Crippen LogP contribution in [0.3, 0.4) is 0 Å². The smallest absolute Gasteiger partial charge is 0.340 e. The Bertz CT molecular complexity index is 723. The number of halogens is 2. The van der Waals surface area contributed by atoms with E-state index in [9.17, 15) is 17.9 Å². The zero-order valence-electron chi connectivity index (χ0n) is 11.3. The van der Waals surface area contributed by atoms with E-state index >= 15 is 0 Å². The zero-order chi connectivity index (χ0) is 16.3. The van der Waals surface area contributed by atoms with Crippen molar-refractivity contribution in [1.29, 1.82) is 0 Å². The molecule has 2 aromatic rings. The molecule has 1 unspecified atom stereocenters. The first-order chi connectivity index (χ1) is 10.4. The summed E-state index contributed by atoms with van der Waals surface area (Å²) in [4.78, 5) is 11.8. The number of methoxy groups -OCH3 is 1. The molecule has 2 aromatic carbocycles. The van der Waals surface area contributed by atoms with Gasteiger partial charge in [-0.1, -0.05) is 0 Å². The number of carbonyl (C=O) groups is 1. The molecule has 1 atom stereocenters. The molecular formula is C14H11FINO4S. The highest BCUT2D eigenvalue weighted by Gasteiger charge is 2.23. The van der Waals surface area contributed by atoms with Crippen LogP contribution in [-0.4, -0.2) is 21.8 Å². The number of nitrogens with zero attached hydrogens (tertiary/aromatic N) is 1. The number of anilines is 2. The van der Waals surface area contributed by atoms with E-state index in [1.165, 1.54) is 13.2 Å². The van der Waals surface area contributed by atoms with Crippen LogP contribution in [0.5, 0.6) is 0 Å². The van der Waals surface area contributed by atoms with Gasteiger partial charge in [-0.15, -0.1) is 0 Å². The number of hydrogen-bond acceptors (Lipinski definition) is 3. The van der Waals surface area contributed by atoms with Gasteiger partial charge in [0, 0.05) is 3.57 Å². The first-order valence-corrected chi connectivity index (χ1v) is 8.13. The zero-order valence-corrected chi connectivity index (χ0v) is 14.3. The average Bonchev–Trinajstić information content (AvgIpc) is 2.48. The number of ether oxygens (including phenoxy) is 1. The van der Waals surface area contributed by atoms with Gasteiger partial charge in [-0.3, -0.25) is 4.55 Å². The highest BCUT2D eigenvalue weighted by Crippen LogP contribution is 2.31. The number of rotatable bonds is 4. The molecule has 0 aliphatic heterocycles. The van der Waals surface area contributed by atoms with Crippen molar-refractivity contribution in [3.8, 4) is 0 Å². The third-order valence-corrected chi connectivity index (χ3v) is 4.24. The fraction of sp³-hybridized carbons (Fsp3) is 0.0714. The van der Waals surface area contributed by atoms with Crippen LogP contribution in [0.1, 0.15) is 10.4 Å². The lowest BCUT2D eigenvalue weighted by Gasteiger charge is -2.22. The van der Waals surface area contributed by atoms with E-state index in [1.807, 2.05) is 0 Å². The molecule has 0 aliphatic rings. The standard InChI is InChI=1S/C14H11FINO4S/c1-21-14(18)12-7-2-9(15)8-13(12)17(22(19)20)11-5-3-10(16)4-6-11/h2-8H,1H3,(H,19,20). The van der Waals surface area contributed by atoms with Crippen molar-refractivity contribution >= 4 is 51.2 Å². The van der Waals surface area contributed by atoms with E-state index in [4.69, 9.17) is 0 Å². The summed E-state index contributed by atoms with van der Waals surface area (Å²) in [5, 5.41) is 0. The fourth-order valence-electron chi connectivity index (χ4n) is 1.85. The molecule has 22 heavy (non-hydrogen) atoms. The van der Waals surface area contributed by atoms with E-state index < -0.39 is 23.1 Å². The fourth-order valence-corrected chi connectivity index (χ4v) is 2.83. The van der Waals surface area contributed by atoms with E-state index in [0.29, 0.717) is 5.69 Å². The Hall–Kier alpha value is -1.52. The molecule has 0 radical (unpaired) electrons. The van der Waals surface area contributed by atoms with Crippen molar-refractivity contribution in [2.24, 2.45) is 0 Å². The van der Waals surface area contributed by atoms with Crippen molar-refractivity contribution in [1.82, 2.24) is 0 Å². The summed E-state index contributed by atoms with van der Waals surface area (Å²) in [6, 6.07) is 9.97. The molecule has 0 heterocycles. The molecule has 0 saturated heterocycles. The summed E-state index contributed by atoms with van der Waals surface area (Å²) in [5.74, 6) is -1.36.